The van der Waals surface area contributed by atoms with Crippen LogP contribution in [0.4, 0.5) is 15.2 Å². The predicted molar refractivity (Wildman–Crippen MR) is 110 cm³/mol. The Balaban J connectivity index is 1.50. The average molecular weight is 409 g/mol. The van der Waals surface area contributed by atoms with Crippen LogP contribution in [0.1, 0.15) is 28.5 Å². The molecule has 0 unspecified atom stereocenters. The van der Waals surface area contributed by atoms with E-state index >= 15 is 0 Å². The fourth-order valence-electron chi connectivity index (χ4n) is 2.91. The van der Waals surface area contributed by atoms with Crippen molar-refractivity contribution in [3.8, 4) is 0 Å². The lowest BCUT2D eigenvalue weighted by atomic mass is 10.1. The summed E-state index contributed by atoms with van der Waals surface area (Å²) in [5.41, 5.74) is 3.18. The van der Waals surface area contributed by atoms with Crippen LogP contribution in [0.15, 0.2) is 58.5 Å². The van der Waals surface area contributed by atoms with Crippen molar-refractivity contribution < 1.29 is 18.4 Å². The fraction of sp³-hybridized carbons (Fsp3) is 0.0952. The number of halogens is 1. The minimum atomic E-state index is -0.355. The van der Waals surface area contributed by atoms with E-state index in [1.807, 2.05) is 5.38 Å². The number of hydrogen-bond acceptors (Lipinski definition) is 5. The van der Waals surface area contributed by atoms with E-state index in [0.29, 0.717) is 33.8 Å². The molecule has 2 aromatic carbocycles. The quantitative estimate of drug-likeness (QED) is 0.494. The van der Waals surface area contributed by atoms with Crippen LogP contribution in [-0.4, -0.2) is 16.8 Å². The Morgan fingerprint density at radius 2 is 1.93 bits per heavy atom. The van der Waals surface area contributed by atoms with Crippen molar-refractivity contribution >= 4 is 44.9 Å². The zero-order valence-corrected chi connectivity index (χ0v) is 16.2. The van der Waals surface area contributed by atoms with E-state index in [0.717, 1.165) is 11.3 Å². The molecule has 4 rings (SSSR count). The van der Waals surface area contributed by atoms with Gasteiger partial charge in [0.05, 0.1) is 11.3 Å². The van der Waals surface area contributed by atoms with Gasteiger partial charge in [-0.1, -0.05) is 12.1 Å². The monoisotopic (exact) mass is 409 g/mol. The number of carbonyl (C=O) groups is 2. The van der Waals surface area contributed by atoms with Gasteiger partial charge in [-0.05, 0) is 35.9 Å². The van der Waals surface area contributed by atoms with Crippen LogP contribution in [0, 0.1) is 5.82 Å². The molecule has 0 saturated heterocycles. The van der Waals surface area contributed by atoms with Crippen molar-refractivity contribution in [2.75, 3.05) is 10.6 Å². The first-order valence-electron chi connectivity index (χ1n) is 8.77. The maximum absolute atomic E-state index is 13.0. The van der Waals surface area contributed by atoms with Crippen LogP contribution in [0.2, 0.25) is 0 Å². The van der Waals surface area contributed by atoms with E-state index < -0.39 is 0 Å². The van der Waals surface area contributed by atoms with Gasteiger partial charge in [-0.2, -0.15) is 0 Å². The normalized spacial score (nSPS) is 10.8. The molecule has 4 aromatic rings. The van der Waals surface area contributed by atoms with Crippen molar-refractivity contribution in [3.05, 3.63) is 76.7 Å². The number of anilines is 2. The summed E-state index contributed by atoms with van der Waals surface area (Å²) in [4.78, 5) is 28.4. The third-order valence-corrected chi connectivity index (χ3v) is 5.02. The highest BCUT2D eigenvalue weighted by Crippen LogP contribution is 2.26. The van der Waals surface area contributed by atoms with Crippen LogP contribution in [0.3, 0.4) is 0 Å². The Bertz CT molecular complexity index is 1200. The number of aromatic nitrogens is 1. The van der Waals surface area contributed by atoms with Crippen molar-refractivity contribution in [1.82, 2.24) is 4.98 Å². The Labute approximate surface area is 169 Å². The van der Waals surface area contributed by atoms with Crippen LogP contribution in [-0.2, 0) is 11.2 Å². The lowest BCUT2D eigenvalue weighted by Gasteiger charge is -2.03. The summed E-state index contributed by atoms with van der Waals surface area (Å²) in [6.45, 7) is 1.42. The van der Waals surface area contributed by atoms with E-state index in [9.17, 15) is 14.0 Å². The smallest absolute Gasteiger partial charge is 0.261 e. The van der Waals surface area contributed by atoms with Crippen LogP contribution >= 0.6 is 11.3 Å². The van der Waals surface area contributed by atoms with Gasteiger partial charge in [-0.25, -0.2) is 9.37 Å². The molecule has 146 valence electrons. The zero-order chi connectivity index (χ0) is 20.4. The molecular weight excluding hydrogens is 393 g/mol. The van der Waals surface area contributed by atoms with Gasteiger partial charge < -0.3 is 9.73 Å². The zero-order valence-electron chi connectivity index (χ0n) is 15.4. The van der Waals surface area contributed by atoms with Gasteiger partial charge in [-0.3, -0.25) is 14.9 Å². The van der Waals surface area contributed by atoms with Gasteiger partial charge in [0, 0.05) is 29.8 Å². The topological polar surface area (TPSA) is 84.2 Å². The average Bonchev–Trinajstić information content (AvgIpc) is 3.29. The summed E-state index contributed by atoms with van der Waals surface area (Å²) < 4.78 is 18.5. The van der Waals surface area contributed by atoms with Crippen molar-refractivity contribution in [3.63, 3.8) is 0 Å². The summed E-state index contributed by atoms with van der Waals surface area (Å²) in [6.07, 6.45) is 1.92. The van der Waals surface area contributed by atoms with Crippen LogP contribution < -0.4 is 10.6 Å². The molecule has 0 atom stereocenters. The largest absolute Gasteiger partial charge is 0.463 e. The van der Waals surface area contributed by atoms with E-state index in [4.69, 9.17) is 4.42 Å². The van der Waals surface area contributed by atoms with Gasteiger partial charge >= 0.3 is 0 Å². The lowest BCUT2D eigenvalue weighted by Crippen LogP contribution is -2.11. The number of furan rings is 1. The van der Waals surface area contributed by atoms with Crippen molar-refractivity contribution in [1.29, 1.82) is 0 Å². The number of carbonyl (C=O) groups excluding carboxylic acids is 2. The molecule has 29 heavy (non-hydrogen) atoms. The summed E-state index contributed by atoms with van der Waals surface area (Å²) in [7, 11) is 0. The number of benzene rings is 2. The summed E-state index contributed by atoms with van der Waals surface area (Å²) in [5.74, 6) is -0.837. The van der Waals surface area contributed by atoms with E-state index in [2.05, 4.69) is 15.6 Å². The fourth-order valence-corrected chi connectivity index (χ4v) is 3.61. The molecule has 2 N–H and O–H groups in total. The number of hydrogen-bond donors (Lipinski definition) is 2. The molecular formula is C21H16FN3O3S. The first-order chi connectivity index (χ1) is 14.0. The van der Waals surface area contributed by atoms with Gasteiger partial charge in [0.1, 0.15) is 17.7 Å². The molecule has 0 aliphatic rings. The molecule has 6 nitrogen and oxygen atoms in total. The predicted octanol–water partition coefficient (Wildman–Crippen LogP) is 4.83. The number of nitrogens with zero attached hydrogens (tertiary/aromatic N) is 1. The SMILES string of the molecule is CC(=O)Nc1ccc2occ(C(=O)Nc3nc(Cc4ccc(F)cc4)cs3)c2c1. The maximum atomic E-state index is 13.0. The molecule has 2 amide bonds. The Morgan fingerprint density at radius 1 is 1.14 bits per heavy atom. The van der Waals surface area contributed by atoms with E-state index in [-0.39, 0.29) is 17.6 Å². The second-order valence-electron chi connectivity index (χ2n) is 6.44. The first kappa shape index (κ1) is 18.8. The van der Waals surface area contributed by atoms with Gasteiger partial charge in [0.2, 0.25) is 5.91 Å². The summed E-state index contributed by atoms with van der Waals surface area (Å²) in [6, 6.07) is 11.3. The molecule has 0 bridgehead atoms. The van der Waals surface area contributed by atoms with Gasteiger partial charge in [-0.15, -0.1) is 11.3 Å². The highest BCUT2D eigenvalue weighted by atomic mass is 32.1. The van der Waals surface area contributed by atoms with Gasteiger partial charge in [0.25, 0.3) is 5.91 Å². The minimum Gasteiger partial charge on any atom is -0.463 e. The van der Waals surface area contributed by atoms with Crippen molar-refractivity contribution in [2.45, 2.75) is 13.3 Å². The second-order valence-corrected chi connectivity index (χ2v) is 7.30. The molecule has 0 aliphatic carbocycles. The Hall–Kier alpha value is -3.52. The molecule has 0 radical (unpaired) electrons. The van der Waals surface area contributed by atoms with Gasteiger partial charge in [0.15, 0.2) is 5.13 Å². The van der Waals surface area contributed by atoms with Crippen LogP contribution in [0.5, 0.6) is 0 Å². The number of fused-ring (bicyclic) bond motifs is 1. The minimum absolute atomic E-state index is 0.199. The molecule has 0 aliphatic heterocycles. The third-order valence-electron chi connectivity index (χ3n) is 4.21. The van der Waals surface area contributed by atoms with E-state index in [1.54, 1.807) is 30.3 Å². The Kier molecular flexibility index (Phi) is 5.09. The number of thiazole rings is 1. The summed E-state index contributed by atoms with van der Waals surface area (Å²) in [5, 5.41) is 8.36. The summed E-state index contributed by atoms with van der Waals surface area (Å²) >= 11 is 1.31. The highest BCUT2D eigenvalue weighted by Gasteiger charge is 2.16. The third kappa shape index (κ3) is 4.33. The second kappa shape index (κ2) is 7.84. The molecule has 0 spiro atoms. The lowest BCUT2D eigenvalue weighted by molar-refractivity contribution is -0.114. The first-order valence-corrected chi connectivity index (χ1v) is 9.65. The van der Waals surface area contributed by atoms with Crippen LogP contribution in [0.25, 0.3) is 11.0 Å². The number of rotatable bonds is 5. The maximum Gasteiger partial charge on any atom is 0.261 e. The standard InChI is InChI=1S/C21H16FN3O3S/c1-12(26)23-15-6-7-19-17(9-15)18(10-28-19)20(27)25-21-24-16(11-29-21)8-13-2-4-14(22)5-3-13/h2-7,9-11H,8H2,1H3,(H,23,26)(H,24,25,27). The molecule has 8 heteroatoms. The molecule has 0 saturated carbocycles. The number of nitrogens with one attached hydrogen (secondary N) is 2. The molecule has 2 aromatic heterocycles. The molecule has 2 heterocycles. The number of amides is 2. The van der Waals surface area contributed by atoms with Crippen molar-refractivity contribution in [2.24, 2.45) is 0 Å². The highest BCUT2D eigenvalue weighted by molar-refractivity contribution is 7.14. The van der Waals surface area contributed by atoms with E-state index in [1.165, 1.54) is 36.7 Å². The molecule has 0 fully saturated rings. The Morgan fingerprint density at radius 3 is 2.69 bits per heavy atom.